The third-order valence-corrected chi connectivity index (χ3v) is 9.03. The molecule has 0 saturated carbocycles. The van der Waals surface area contributed by atoms with Crippen molar-refractivity contribution in [3.8, 4) is 0 Å². The fourth-order valence-corrected chi connectivity index (χ4v) is 7.46. The summed E-state index contributed by atoms with van der Waals surface area (Å²) < 4.78 is 25.8. The second-order valence-electron chi connectivity index (χ2n) is 8.68. The molecule has 0 aromatic carbocycles. The normalized spacial score (nSPS) is 21.2. The first kappa shape index (κ1) is 24.9. The Bertz CT molecular complexity index is 1340. The number of hydrogen-bond acceptors (Lipinski definition) is 8. The number of aryl methyl sites for hydroxylation is 1. The van der Waals surface area contributed by atoms with Crippen LogP contribution in [0.25, 0.3) is 11.7 Å². The summed E-state index contributed by atoms with van der Waals surface area (Å²) in [5, 5.41) is 0. The Hall–Kier alpha value is -2.24. The van der Waals surface area contributed by atoms with Gasteiger partial charge in [-0.15, -0.1) is 0 Å². The molecule has 1 amide bonds. The molecule has 2 aliphatic rings. The molecule has 0 aliphatic carbocycles. The van der Waals surface area contributed by atoms with Gasteiger partial charge in [-0.05, 0) is 43.9 Å². The van der Waals surface area contributed by atoms with E-state index in [0.29, 0.717) is 32.7 Å². The monoisotopic (exact) mass is 520 g/mol. The van der Waals surface area contributed by atoms with Gasteiger partial charge in [0, 0.05) is 19.3 Å². The number of pyridine rings is 1. The van der Waals surface area contributed by atoms with Gasteiger partial charge in [0.1, 0.15) is 15.8 Å². The number of carbonyl (C=O) groups excluding carboxylic acids is 1. The zero-order chi connectivity index (χ0) is 24.6. The summed E-state index contributed by atoms with van der Waals surface area (Å²) in [4.78, 5) is 35.5. The first-order chi connectivity index (χ1) is 16.1. The van der Waals surface area contributed by atoms with E-state index in [1.807, 2.05) is 19.1 Å². The topological polar surface area (TPSA) is 92.1 Å². The van der Waals surface area contributed by atoms with E-state index >= 15 is 0 Å². The van der Waals surface area contributed by atoms with Crippen LogP contribution in [0.3, 0.4) is 0 Å². The average molecular weight is 521 g/mol. The van der Waals surface area contributed by atoms with E-state index in [4.69, 9.17) is 17.2 Å². The molecule has 2 aliphatic heterocycles. The van der Waals surface area contributed by atoms with Crippen molar-refractivity contribution in [3.05, 3.63) is 44.7 Å². The highest BCUT2D eigenvalue weighted by atomic mass is 32.2. The van der Waals surface area contributed by atoms with Crippen LogP contribution in [0.4, 0.5) is 5.82 Å². The van der Waals surface area contributed by atoms with Crippen LogP contribution in [-0.2, 0) is 14.6 Å². The van der Waals surface area contributed by atoms with Crippen LogP contribution in [0.2, 0.25) is 0 Å². The van der Waals surface area contributed by atoms with E-state index in [0.717, 1.165) is 43.3 Å². The van der Waals surface area contributed by atoms with Crippen LogP contribution >= 0.6 is 24.0 Å². The number of thioether (sulfide) groups is 1. The number of hydrogen-bond donors (Lipinski definition) is 0. The third-order valence-electron chi connectivity index (χ3n) is 5.94. The molecule has 0 bridgehead atoms. The number of sulfone groups is 1. The van der Waals surface area contributed by atoms with Crippen molar-refractivity contribution >= 4 is 61.6 Å². The molecule has 34 heavy (non-hydrogen) atoms. The van der Waals surface area contributed by atoms with Crippen molar-refractivity contribution < 1.29 is 13.2 Å². The second kappa shape index (κ2) is 9.79. The summed E-state index contributed by atoms with van der Waals surface area (Å²) in [6, 6.07) is 3.27. The number of thiocarbonyl (C=S) groups is 1. The van der Waals surface area contributed by atoms with E-state index in [9.17, 15) is 18.0 Å². The lowest BCUT2D eigenvalue weighted by Gasteiger charge is -2.24. The SMILES string of the molecule is CCCN(CCC)c1nc2ccc(C)cn2c(=O)c1/C=C1/SC(=S)N([C@@H]2CCS(=O)(=O)C2)C1=O. The van der Waals surface area contributed by atoms with Gasteiger partial charge in [-0.3, -0.25) is 18.9 Å². The minimum Gasteiger partial charge on any atom is -0.356 e. The Morgan fingerprint density at radius 3 is 2.56 bits per heavy atom. The molecule has 182 valence electrons. The van der Waals surface area contributed by atoms with E-state index in [2.05, 4.69) is 18.7 Å². The molecule has 2 aromatic heterocycles. The highest BCUT2D eigenvalue weighted by molar-refractivity contribution is 8.26. The minimum absolute atomic E-state index is 0.0518. The average Bonchev–Trinajstić information content (AvgIpc) is 3.27. The van der Waals surface area contributed by atoms with Gasteiger partial charge < -0.3 is 4.90 Å². The predicted octanol–water partition coefficient (Wildman–Crippen LogP) is 3.02. The molecule has 8 nitrogen and oxygen atoms in total. The Morgan fingerprint density at radius 1 is 1.24 bits per heavy atom. The molecule has 4 rings (SSSR count). The molecule has 1 atom stereocenters. The van der Waals surface area contributed by atoms with Crippen LogP contribution < -0.4 is 10.5 Å². The Balaban J connectivity index is 1.83. The van der Waals surface area contributed by atoms with Gasteiger partial charge in [0.25, 0.3) is 11.5 Å². The Morgan fingerprint density at radius 2 is 1.94 bits per heavy atom. The number of carbonyl (C=O) groups is 1. The van der Waals surface area contributed by atoms with Gasteiger partial charge in [0.15, 0.2) is 9.84 Å². The highest BCUT2D eigenvalue weighted by Crippen LogP contribution is 2.37. The summed E-state index contributed by atoms with van der Waals surface area (Å²) in [7, 11) is -3.17. The molecular weight excluding hydrogens is 492 g/mol. The zero-order valence-corrected chi connectivity index (χ0v) is 21.9. The van der Waals surface area contributed by atoms with Gasteiger partial charge in [-0.25, -0.2) is 13.4 Å². The first-order valence-corrected chi connectivity index (χ1v) is 14.4. The zero-order valence-electron chi connectivity index (χ0n) is 19.5. The number of rotatable bonds is 7. The highest BCUT2D eigenvalue weighted by Gasteiger charge is 2.42. The lowest BCUT2D eigenvalue weighted by Crippen LogP contribution is -2.39. The van der Waals surface area contributed by atoms with Crippen molar-refractivity contribution in [2.45, 2.75) is 46.1 Å². The number of nitrogens with zero attached hydrogens (tertiary/aromatic N) is 4. The van der Waals surface area contributed by atoms with Gasteiger partial charge in [-0.2, -0.15) is 0 Å². The largest absolute Gasteiger partial charge is 0.356 e. The first-order valence-electron chi connectivity index (χ1n) is 11.4. The van der Waals surface area contributed by atoms with Crippen LogP contribution in [-0.4, -0.2) is 63.6 Å². The van der Waals surface area contributed by atoms with Gasteiger partial charge in [-0.1, -0.05) is 43.9 Å². The quantitative estimate of drug-likeness (QED) is 0.406. The third kappa shape index (κ3) is 4.78. The molecule has 2 aromatic rings. The maximum atomic E-state index is 13.6. The fraction of sp³-hybridized carbons (Fsp3) is 0.478. The Labute approximate surface area is 209 Å². The van der Waals surface area contributed by atoms with Gasteiger partial charge >= 0.3 is 0 Å². The van der Waals surface area contributed by atoms with Gasteiger partial charge in [0.05, 0.1) is 28.0 Å². The molecule has 4 heterocycles. The summed E-state index contributed by atoms with van der Waals surface area (Å²) in [6.07, 6.45) is 5.46. The summed E-state index contributed by atoms with van der Waals surface area (Å²) in [5.41, 5.74) is 1.55. The van der Waals surface area contributed by atoms with Crippen molar-refractivity contribution in [3.63, 3.8) is 0 Å². The van der Waals surface area contributed by atoms with E-state index in [1.165, 1.54) is 9.30 Å². The maximum Gasteiger partial charge on any atom is 0.267 e. The molecule has 2 fully saturated rings. The second-order valence-corrected chi connectivity index (χ2v) is 12.6. The van der Waals surface area contributed by atoms with E-state index in [-0.39, 0.29) is 23.0 Å². The van der Waals surface area contributed by atoms with Crippen LogP contribution in [0, 0.1) is 6.92 Å². The lowest BCUT2D eigenvalue weighted by molar-refractivity contribution is -0.123. The number of fused-ring (bicyclic) bond motifs is 1. The lowest BCUT2D eigenvalue weighted by atomic mass is 10.2. The molecule has 0 spiro atoms. The number of amides is 1. The molecular formula is C23H28N4O4S3. The summed E-state index contributed by atoms with van der Waals surface area (Å²) in [5.74, 6) is 0.162. The predicted molar refractivity (Wildman–Crippen MR) is 141 cm³/mol. The van der Waals surface area contributed by atoms with E-state index in [1.54, 1.807) is 12.3 Å². The molecule has 0 N–H and O–H groups in total. The van der Waals surface area contributed by atoms with Crippen LogP contribution in [0.5, 0.6) is 0 Å². The van der Waals surface area contributed by atoms with Crippen molar-refractivity contribution in [1.29, 1.82) is 0 Å². The number of aromatic nitrogens is 2. The van der Waals surface area contributed by atoms with E-state index < -0.39 is 15.9 Å². The van der Waals surface area contributed by atoms with Crippen molar-refractivity contribution in [2.24, 2.45) is 0 Å². The molecule has 0 unspecified atom stereocenters. The molecule has 2 saturated heterocycles. The van der Waals surface area contributed by atoms with Gasteiger partial charge in [0.2, 0.25) is 0 Å². The van der Waals surface area contributed by atoms with Crippen LogP contribution in [0.15, 0.2) is 28.0 Å². The smallest absolute Gasteiger partial charge is 0.267 e. The maximum absolute atomic E-state index is 13.6. The van der Waals surface area contributed by atoms with Crippen molar-refractivity contribution in [2.75, 3.05) is 29.5 Å². The van der Waals surface area contributed by atoms with Crippen LogP contribution in [0.1, 0.15) is 44.2 Å². The summed E-state index contributed by atoms with van der Waals surface area (Å²) >= 11 is 6.55. The minimum atomic E-state index is -3.17. The fourth-order valence-electron chi connectivity index (χ4n) is 4.38. The molecule has 0 radical (unpaired) electrons. The molecule has 11 heteroatoms. The Kier molecular flexibility index (Phi) is 7.16. The standard InChI is InChI=1S/C23H28N4O4S3/c1-4-9-25(10-5-2)20-17(21(28)26-13-15(3)6-7-19(26)24-20)12-18-22(29)27(23(32)33-18)16-8-11-34(30,31)14-16/h6-7,12-13,16H,4-5,8-11,14H2,1-3H3/b18-12+/t16-/m1/s1. The van der Waals surface area contributed by atoms with Crippen molar-refractivity contribution in [1.82, 2.24) is 14.3 Å². The number of anilines is 1. The summed E-state index contributed by atoms with van der Waals surface area (Å²) in [6.45, 7) is 7.50.